The molecule has 2 aromatic rings. The van der Waals surface area contributed by atoms with E-state index in [0.29, 0.717) is 11.4 Å². The zero-order valence-corrected chi connectivity index (χ0v) is 9.38. The van der Waals surface area contributed by atoms with Gasteiger partial charge in [0, 0.05) is 0 Å². The highest BCUT2D eigenvalue weighted by Crippen LogP contribution is 2.32. The van der Waals surface area contributed by atoms with Crippen LogP contribution in [0.1, 0.15) is 0 Å². The summed E-state index contributed by atoms with van der Waals surface area (Å²) in [6.07, 6.45) is 1.51. The first-order chi connectivity index (χ1) is 8.35. The van der Waals surface area contributed by atoms with Gasteiger partial charge >= 0.3 is 0 Å². The molecule has 0 amide bonds. The van der Waals surface area contributed by atoms with Gasteiger partial charge in [-0.15, -0.1) is 0 Å². The second-order valence-electron chi connectivity index (χ2n) is 3.46. The SMILES string of the molecule is COc1cc(-c2ccccc2)ccc1N=C=O. The van der Waals surface area contributed by atoms with Crippen LogP contribution in [-0.2, 0) is 4.79 Å². The molecular weight excluding hydrogens is 214 g/mol. The van der Waals surface area contributed by atoms with Crippen molar-refractivity contribution < 1.29 is 9.53 Å². The second-order valence-corrected chi connectivity index (χ2v) is 3.46. The first kappa shape index (κ1) is 11.1. The van der Waals surface area contributed by atoms with Crippen LogP contribution in [0.25, 0.3) is 11.1 Å². The van der Waals surface area contributed by atoms with E-state index in [2.05, 4.69) is 4.99 Å². The molecule has 17 heavy (non-hydrogen) atoms. The summed E-state index contributed by atoms with van der Waals surface area (Å²) >= 11 is 0. The summed E-state index contributed by atoms with van der Waals surface area (Å²) in [6, 6.07) is 15.4. The van der Waals surface area contributed by atoms with Crippen LogP contribution in [0.5, 0.6) is 5.75 Å². The molecule has 3 heteroatoms. The molecule has 0 spiro atoms. The summed E-state index contributed by atoms with van der Waals surface area (Å²) in [5, 5.41) is 0. The minimum absolute atomic E-state index is 0.488. The number of nitrogens with zero attached hydrogens (tertiary/aromatic N) is 1. The Hall–Kier alpha value is -2.38. The average molecular weight is 225 g/mol. The summed E-state index contributed by atoms with van der Waals surface area (Å²) in [6.45, 7) is 0. The van der Waals surface area contributed by atoms with E-state index in [1.807, 2.05) is 42.5 Å². The number of rotatable bonds is 3. The van der Waals surface area contributed by atoms with E-state index in [4.69, 9.17) is 4.74 Å². The molecule has 3 nitrogen and oxygen atoms in total. The first-order valence-corrected chi connectivity index (χ1v) is 5.16. The number of benzene rings is 2. The minimum atomic E-state index is 0.488. The van der Waals surface area contributed by atoms with E-state index in [1.165, 1.54) is 6.08 Å². The third-order valence-corrected chi connectivity index (χ3v) is 2.45. The van der Waals surface area contributed by atoms with E-state index in [-0.39, 0.29) is 0 Å². The lowest BCUT2D eigenvalue weighted by Crippen LogP contribution is -1.85. The molecule has 0 unspecified atom stereocenters. The number of carbonyl (C=O) groups excluding carboxylic acids is 1. The summed E-state index contributed by atoms with van der Waals surface area (Å²) in [7, 11) is 1.55. The van der Waals surface area contributed by atoms with Crippen molar-refractivity contribution in [2.45, 2.75) is 0 Å². The molecule has 0 radical (unpaired) electrons. The Morgan fingerprint density at radius 2 is 1.82 bits per heavy atom. The van der Waals surface area contributed by atoms with Crippen molar-refractivity contribution in [1.82, 2.24) is 0 Å². The van der Waals surface area contributed by atoms with Crippen LogP contribution in [0.2, 0.25) is 0 Å². The minimum Gasteiger partial charge on any atom is -0.494 e. The fraction of sp³-hybridized carbons (Fsp3) is 0.0714. The smallest absolute Gasteiger partial charge is 0.240 e. The quantitative estimate of drug-likeness (QED) is 0.593. The predicted octanol–water partition coefficient (Wildman–Crippen LogP) is 3.33. The van der Waals surface area contributed by atoms with Crippen LogP contribution in [0.15, 0.2) is 53.5 Å². The lowest BCUT2D eigenvalue weighted by Gasteiger charge is -2.06. The average Bonchev–Trinajstić information content (AvgIpc) is 2.40. The van der Waals surface area contributed by atoms with Crippen LogP contribution in [0.4, 0.5) is 5.69 Å². The van der Waals surface area contributed by atoms with E-state index in [0.717, 1.165) is 11.1 Å². The van der Waals surface area contributed by atoms with Gasteiger partial charge in [0.05, 0.1) is 7.11 Å². The standard InChI is InChI=1S/C14H11NO2/c1-17-14-9-12(7-8-13(14)15-10-16)11-5-3-2-4-6-11/h2-9H,1H3. The molecule has 0 N–H and O–H groups in total. The molecule has 0 saturated heterocycles. The molecule has 2 aromatic carbocycles. The largest absolute Gasteiger partial charge is 0.494 e. The lowest BCUT2D eigenvalue weighted by molar-refractivity contribution is 0.416. The summed E-state index contributed by atoms with van der Waals surface area (Å²) in [5.41, 5.74) is 2.60. The van der Waals surface area contributed by atoms with E-state index >= 15 is 0 Å². The number of isocyanates is 1. The van der Waals surface area contributed by atoms with Crippen molar-refractivity contribution >= 4 is 11.8 Å². The third kappa shape index (κ3) is 2.41. The Balaban J connectivity index is 2.48. The Bertz CT molecular complexity index is 558. The number of hydrogen-bond acceptors (Lipinski definition) is 3. The van der Waals surface area contributed by atoms with Gasteiger partial charge < -0.3 is 4.74 Å². The van der Waals surface area contributed by atoms with Crippen LogP contribution in [0.3, 0.4) is 0 Å². The van der Waals surface area contributed by atoms with Gasteiger partial charge in [0.1, 0.15) is 11.4 Å². The fourth-order valence-corrected chi connectivity index (χ4v) is 1.63. The molecule has 0 aromatic heterocycles. The van der Waals surface area contributed by atoms with Crippen LogP contribution >= 0.6 is 0 Å². The van der Waals surface area contributed by atoms with E-state index in [9.17, 15) is 4.79 Å². The molecule has 0 saturated carbocycles. The van der Waals surface area contributed by atoms with Gasteiger partial charge in [0.25, 0.3) is 0 Å². The monoisotopic (exact) mass is 225 g/mol. The Morgan fingerprint density at radius 3 is 2.47 bits per heavy atom. The van der Waals surface area contributed by atoms with Crippen molar-refractivity contribution in [3.63, 3.8) is 0 Å². The summed E-state index contributed by atoms with van der Waals surface area (Å²) in [5.74, 6) is 0.565. The van der Waals surface area contributed by atoms with Crippen LogP contribution < -0.4 is 4.74 Å². The van der Waals surface area contributed by atoms with Gasteiger partial charge in [0.15, 0.2) is 0 Å². The molecule has 0 fully saturated rings. The first-order valence-electron chi connectivity index (χ1n) is 5.16. The summed E-state index contributed by atoms with van der Waals surface area (Å²) < 4.78 is 5.19. The van der Waals surface area contributed by atoms with E-state index in [1.54, 1.807) is 13.2 Å². The van der Waals surface area contributed by atoms with Crippen LogP contribution in [0, 0.1) is 0 Å². The van der Waals surface area contributed by atoms with Crippen molar-refractivity contribution in [3.8, 4) is 16.9 Å². The van der Waals surface area contributed by atoms with Crippen molar-refractivity contribution in [2.75, 3.05) is 7.11 Å². The topological polar surface area (TPSA) is 38.7 Å². The molecule has 0 aliphatic heterocycles. The Morgan fingerprint density at radius 1 is 1.06 bits per heavy atom. The Labute approximate surface area is 99.4 Å². The molecule has 0 atom stereocenters. The maximum absolute atomic E-state index is 10.3. The molecule has 2 rings (SSSR count). The number of ether oxygens (including phenoxy) is 1. The fourth-order valence-electron chi connectivity index (χ4n) is 1.63. The summed E-state index contributed by atoms with van der Waals surface area (Å²) in [4.78, 5) is 13.8. The zero-order chi connectivity index (χ0) is 12.1. The number of methoxy groups -OCH3 is 1. The zero-order valence-electron chi connectivity index (χ0n) is 9.38. The maximum Gasteiger partial charge on any atom is 0.240 e. The van der Waals surface area contributed by atoms with Gasteiger partial charge in [-0.1, -0.05) is 36.4 Å². The number of hydrogen-bond donors (Lipinski definition) is 0. The normalized spacial score (nSPS) is 9.47. The molecule has 0 aliphatic rings. The molecule has 0 aliphatic carbocycles. The molecule has 84 valence electrons. The van der Waals surface area contributed by atoms with Gasteiger partial charge in [-0.05, 0) is 23.3 Å². The highest BCUT2D eigenvalue weighted by molar-refractivity contribution is 5.70. The Kier molecular flexibility index (Phi) is 3.34. The lowest BCUT2D eigenvalue weighted by atomic mass is 10.1. The third-order valence-electron chi connectivity index (χ3n) is 2.45. The van der Waals surface area contributed by atoms with Gasteiger partial charge in [0.2, 0.25) is 6.08 Å². The molecule has 0 bridgehead atoms. The maximum atomic E-state index is 10.3. The van der Waals surface area contributed by atoms with Crippen molar-refractivity contribution in [3.05, 3.63) is 48.5 Å². The van der Waals surface area contributed by atoms with Crippen LogP contribution in [-0.4, -0.2) is 13.2 Å². The highest BCUT2D eigenvalue weighted by Gasteiger charge is 2.04. The second kappa shape index (κ2) is 5.10. The predicted molar refractivity (Wildman–Crippen MR) is 66.2 cm³/mol. The molecule has 0 heterocycles. The van der Waals surface area contributed by atoms with Crippen molar-refractivity contribution in [1.29, 1.82) is 0 Å². The van der Waals surface area contributed by atoms with Gasteiger partial charge in [-0.2, -0.15) is 4.99 Å². The van der Waals surface area contributed by atoms with E-state index < -0.39 is 0 Å². The molecular formula is C14H11NO2. The number of aliphatic imine (C=N–C) groups is 1. The van der Waals surface area contributed by atoms with Gasteiger partial charge in [-0.25, -0.2) is 4.79 Å². The van der Waals surface area contributed by atoms with Gasteiger partial charge in [-0.3, -0.25) is 0 Å². The highest BCUT2D eigenvalue weighted by atomic mass is 16.5. The van der Waals surface area contributed by atoms with Crippen molar-refractivity contribution in [2.24, 2.45) is 4.99 Å².